The van der Waals surface area contributed by atoms with Crippen molar-refractivity contribution in [3.8, 4) is 5.75 Å². The zero-order valence-corrected chi connectivity index (χ0v) is 17.8. The number of rotatable bonds is 7. The molecule has 0 aliphatic rings. The predicted molar refractivity (Wildman–Crippen MR) is 117 cm³/mol. The van der Waals surface area contributed by atoms with Crippen LogP contribution in [0.5, 0.6) is 5.75 Å². The lowest BCUT2D eigenvalue weighted by Gasteiger charge is -2.05. The Labute approximate surface area is 177 Å². The van der Waals surface area contributed by atoms with E-state index >= 15 is 0 Å². The van der Waals surface area contributed by atoms with Gasteiger partial charge in [0.15, 0.2) is 4.80 Å². The number of benzene rings is 2. The first-order chi connectivity index (χ1) is 13.5. The number of halogens is 2. The highest BCUT2D eigenvalue weighted by molar-refractivity contribution is 7.16. The predicted octanol–water partition coefficient (Wildman–Crippen LogP) is 6.12. The summed E-state index contributed by atoms with van der Waals surface area (Å²) in [6, 6.07) is 10.5. The normalized spacial score (nSPS) is 11.8. The molecule has 7 heteroatoms. The molecule has 0 unspecified atom stereocenters. The first kappa shape index (κ1) is 20.6. The zero-order chi connectivity index (χ0) is 20.1. The SMILES string of the molecule is C=CCn1c(=NC(=O)c2ccc(OCCCC)cc2)sc2cc(Cl)cc(Cl)c21. The molecule has 0 bridgehead atoms. The molecule has 3 aromatic rings. The summed E-state index contributed by atoms with van der Waals surface area (Å²) < 4.78 is 8.37. The van der Waals surface area contributed by atoms with E-state index in [0.717, 1.165) is 28.8 Å². The summed E-state index contributed by atoms with van der Waals surface area (Å²) in [6.07, 6.45) is 3.81. The van der Waals surface area contributed by atoms with E-state index in [9.17, 15) is 4.79 Å². The molecule has 0 saturated carbocycles. The van der Waals surface area contributed by atoms with Gasteiger partial charge in [-0.3, -0.25) is 4.79 Å². The van der Waals surface area contributed by atoms with Gasteiger partial charge >= 0.3 is 0 Å². The quantitative estimate of drug-likeness (QED) is 0.332. The fraction of sp³-hybridized carbons (Fsp3) is 0.238. The summed E-state index contributed by atoms with van der Waals surface area (Å²) in [5.74, 6) is 0.418. The molecule has 0 aliphatic carbocycles. The number of hydrogen-bond donors (Lipinski definition) is 0. The largest absolute Gasteiger partial charge is 0.494 e. The molecule has 3 rings (SSSR count). The molecule has 0 radical (unpaired) electrons. The van der Waals surface area contributed by atoms with E-state index in [2.05, 4.69) is 18.5 Å². The monoisotopic (exact) mass is 434 g/mol. The zero-order valence-electron chi connectivity index (χ0n) is 15.5. The van der Waals surface area contributed by atoms with Crippen LogP contribution in [-0.4, -0.2) is 17.1 Å². The van der Waals surface area contributed by atoms with Crippen LogP contribution in [-0.2, 0) is 6.54 Å². The Morgan fingerprint density at radius 1 is 1.29 bits per heavy atom. The van der Waals surface area contributed by atoms with E-state index < -0.39 is 0 Å². The van der Waals surface area contributed by atoms with Crippen molar-refractivity contribution >= 4 is 50.7 Å². The maximum atomic E-state index is 12.7. The number of fused-ring (bicyclic) bond motifs is 1. The van der Waals surface area contributed by atoms with Gasteiger partial charge in [-0.25, -0.2) is 0 Å². The van der Waals surface area contributed by atoms with E-state index in [1.165, 1.54) is 11.3 Å². The van der Waals surface area contributed by atoms with Gasteiger partial charge in [-0.1, -0.05) is 54.0 Å². The number of nitrogens with zero attached hydrogens (tertiary/aromatic N) is 2. The number of carbonyl (C=O) groups is 1. The Morgan fingerprint density at radius 2 is 2.04 bits per heavy atom. The molecule has 1 aromatic heterocycles. The highest BCUT2D eigenvalue weighted by atomic mass is 35.5. The molecule has 1 heterocycles. The van der Waals surface area contributed by atoms with E-state index in [1.807, 2.05) is 10.6 Å². The molecular formula is C21H20Cl2N2O2S. The Bertz CT molecular complexity index is 1070. The fourth-order valence-electron chi connectivity index (χ4n) is 2.69. The van der Waals surface area contributed by atoms with Crippen molar-refractivity contribution in [3.63, 3.8) is 0 Å². The number of amides is 1. The molecule has 1 amide bonds. The van der Waals surface area contributed by atoms with Gasteiger partial charge in [-0.2, -0.15) is 4.99 Å². The van der Waals surface area contributed by atoms with E-state index in [1.54, 1.807) is 36.4 Å². The van der Waals surface area contributed by atoms with Crippen molar-refractivity contribution in [2.75, 3.05) is 6.61 Å². The molecule has 2 aromatic carbocycles. The number of hydrogen-bond acceptors (Lipinski definition) is 3. The lowest BCUT2D eigenvalue weighted by Crippen LogP contribution is -2.16. The number of aromatic nitrogens is 1. The molecule has 4 nitrogen and oxygen atoms in total. The number of carbonyl (C=O) groups excluding carboxylic acids is 1. The topological polar surface area (TPSA) is 43.6 Å². The van der Waals surface area contributed by atoms with Crippen LogP contribution in [0.1, 0.15) is 30.1 Å². The van der Waals surface area contributed by atoms with Gasteiger partial charge < -0.3 is 9.30 Å². The Morgan fingerprint density at radius 3 is 2.71 bits per heavy atom. The van der Waals surface area contributed by atoms with Crippen molar-refractivity contribution in [2.24, 2.45) is 4.99 Å². The van der Waals surface area contributed by atoms with Crippen molar-refractivity contribution < 1.29 is 9.53 Å². The van der Waals surface area contributed by atoms with Crippen LogP contribution in [0.2, 0.25) is 10.0 Å². The average Bonchev–Trinajstić information content (AvgIpc) is 3.00. The van der Waals surface area contributed by atoms with Crippen molar-refractivity contribution in [2.45, 2.75) is 26.3 Å². The molecule has 0 saturated heterocycles. The minimum absolute atomic E-state index is 0.327. The van der Waals surface area contributed by atoms with Crippen LogP contribution in [0.15, 0.2) is 54.0 Å². The minimum atomic E-state index is -0.327. The Balaban J connectivity index is 1.95. The van der Waals surface area contributed by atoms with Gasteiger partial charge in [-0.05, 0) is 42.8 Å². The third kappa shape index (κ3) is 4.66. The summed E-state index contributed by atoms with van der Waals surface area (Å²) in [6.45, 7) is 7.05. The summed E-state index contributed by atoms with van der Waals surface area (Å²) in [5.41, 5.74) is 1.29. The van der Waals surface area contributed by atoms with Crippen LogP contribution < -0.4 is 9.54 Å². The molecule has 0 aliphatic heterocycles. The average molecular weight is 435 g/mol. The van der Waals surface area contributed by atoms with E-state index in [-0.39, 0.29) is 5.91 Å². The maximum absolute atomic E-state index is 12.7. The third-order valence-corrected chi connectivity index (χ3v) is 5.60. The Kier molecular flexibility index (Phi) is 6.94. The highest BCUT2D eigenvalue weighted by Gasteiger charge is 2.12. The van der Waals surface area contributed by atoms with Crippen LogP contribution in [0.3, 0.4) is 0 Å². The van der Waals surface area contributed by atoms with Crippen LogP contribution in [0.4, 0.5) is 0 Å². The third-order valence-electron chi connectivity index (χ3n) is 4.07. The fourth-order valence-corrected chi connectivity index (χ4v) is 4.51. The van der Waals surface area contributed by atoms with Gasteiger partial charge in [-0.15, -0.1) is 6.58 Å². The summed E-state index contributed by atoms with van der Waals surface area (Å²) in [5, 5.41) is 1.06. The molecule has 0 atom stereocenters. The second-order valence-electron chi connectivity index (χ2n) is 6.16. The van der Waals surface area contributed by atoms with E-state index in [0.29, 0.717) is 33.6 Å². The summed E-state index contributed by atoms with van der Waals surface area (Å²) in [7, 11) is 0. The smallest absolute Gasteiger partial charge is 0.279 e. The molecule has 28 heavy (non-hydrogen) atoms. The lowest BCUT2D eigenvalue weighted by molar-refractivity contribution is 0.0998. The summed E-state index contributed by atoms with van der Waals surface area (Å²) >= 11 is 13.8. The van der Waals surface area contributed by atoms with Crippen LogP contribution in [0.25, 0.3) is 10.2 Å². The van der Waals surface area contributed by atoms with Gasteiger partial charge in [0.1, 0.15) is 5.75 Å². The van der Waals surface area contributed by atoms with Crippen molar-refractivity contribution in [1.82, 2.24) is 4.57 Å². The van der Waals surface area contributed by atoms with Gasteiger partial charge in [0, 0.05) is 17.1 Å². The van der Waals surface area contributed by atoms with Crippen molar-refractivity contribution in [3.05, 3.63) is 69.5 Å². The first-order valence-corrected chi connectivity index (χ1v) is 10.5. The van der Waals surface area contributed by atoms with Gasteiger partial charge in [0.2, 0.25) is 0 Å². The second-order valence-corrected chi connectivity index (χ2v) is 8.01. The maximum Gasteiger partial charge on any atom is 0.279 e. The standard InChI is InChI=1S/C21H20Cl2N2O2S/c1-3-5-11-27-16-8-6-14(7-9-16)20(26)24-21-25(10-4-2)19-17(23)12-15(22)13-18(19)28-21/h4,6-9,12-13H,2-3,5,10-11H2,1H3. The van der Waals surface area contributed by atoms with Gasteiger partial charge in [0.25, 0.3) is 5.91 Å². The molecule has 0 N–H and O–H groups in total. The second kappa shape index (κ2) is 9.41. The molecule has 146 valence electrons. The lowest BCUT2D eigenvalue weighted by atomic mass is 10.2. The minimum Gasteiger partial charge on any atom is -0.494 e. The molecular weight excluding hydrogens is 415 g/mol. The Hall–Kier alpha value is -2.08. The van der Waals surface area contributed by atoms with Crippen LogP contribution in [0, 0.1) is 0 Å². The first-order valence-electron chi connectivity index (χ1n) is 8.94. The number of unbranched alkanes of at least 4 members (excludes halogenated alkanes) is 1. The van der Waals surface area contributed by atoms with Crippen LogP contribution >= 0.6 is 34.5 Å². The molecule has 0 fully saturated rings. The number of thiazole rings is 1. The summed E-state index contributed by atoms with van der Waals surface area (Å²) in [4.78, 5) is 17.5. The van der Waals surface area contributed by atoms with E-state index in [4.69, 9.17) is 27.9 Å². The highest BCUT2D eigenvalue weighted by Crippen LogP contribution is 2.29. The number of ether oxygens (including phenoxy) is 1. The van der Waals surface area contributed by atoms with Gasteiger partial charge in [0.05, 0.1) is 21.8 Å². The molecule has 0 spiro atoms. The van der Waals surface area contributed by atoms with Crippen molar-refractivity contribution in [1.29, 1.82) is 0 Å². The number of allylic oxidation sites excluding steroid dienone is 1.